The molecule has 2 aromatic heterocycles. The molecule has 3 aromatic rings. The van der Waals surface area contributed by atoms with Gasteiger partial charge in [-0.05, 0) is 36.4 Å². The first-order valence-corrected chi connectivity index (χ1v) is 7.26. The molecule has 2 heterocycles. The van der Waals surface area contributed by atoms with Gasteiger partial charge in [0.15, 0.2) is 5.65 Å². The number of likely N-dealkylation sites (N-methyl/N-ethyl adjacent to an activating group) is 1. The SMILES string of the molecule is COc1ccc(-c2nc3cccnc3n2CC(=O)N(C)C)cc1. The van der Waals surface area contributed by atoms with E-state index in [2.05, 4.69) is 9.97 Å². The number of carbonyl (C=O) groups is 1. The van der Waals surface area contributed by atoms with Gasteiger partial charge in [-0.2, -0.15) is 0 Å². The molecule has 0 spiro atoms. The number of pyridine rings is 1. The van der Waals surface area contributed by atoms with Crippen molar-refractivity contribution in [3.05, 3.63) is 42.6 Å². The third-order valence-electron chi connectivity index (χ3n) is 3.64. The predicted octanol–water partition coefficient (Wildman–Crippen LogP) is 2.20. The van der Waals surface area contributed by atoms with Gasteiger partial charge >= 0.3 is 0 Å². The highest BCUT2D eigenvalue weighted by Crippen LogP contribution is 2.25. The van der Waals surface area contributed by atoms with Crippen LogP contribution in [0.25, 0.3) is 22.6 Å². The number of benzene rings is 1. The van der Waals surface area contributed by atoms with Gasteiger partial charge in [-0.25, -0.2) is 9.97 Å². The first-order chi connectivity index (χ1) is 11.1. The Morgan fingerprint density at radius 1 is 1.22 bits per heavy atom. The van der Waals surface area contributed by atoms with Gasteiger partial charge in [0, 0.05) is 25.9 Å². The average Bonchev–Trinajstić information content (AvgIpc) is 2.93. The molecule has 0 atom stereocenters. The molecule has 23 heavy (non-hydrogen) atoms. The molecule has 0 saturated carbocycles. The van der Waals surface area contributed by atoms with Crippen LogP contribution < -0.4 is 4.74 Å². The standard InChI is InChI=1S/C17H18N4O2/c1-20(2)15(22)11-21-16(12-6-8-13(23-3)9-7-12)19-14-5-4-10-18-17(14)21/h4-10H,11H2,1-3H3. The number of nitrogens with zero attached hydrogens (tertiary/aromatic N) is 4. The minimum absolute atomic E-state index is 0.00952. The lowest BCUT2D eigenvalue weighted by molar-refractivity contribution is -0.129. The van der Waals surface area contributed by atoms with E-state index in [1.54, 1.807) is 32.3 Å². The third-order valence-corrected chi connectivity index (χ3v) is 3.64. The third kappa shape index (κ3) is 2.88. The van der Waals surface area contributed by atoms with Crippen molar-refractivity contribution in [1.82, 2.24) is 19.4 Å². The molecule has 0 aliphatic rings. The van der Waals surface area contributed by atoms with Crippen LogP contribution in [0.5, 0.6) is 5.75 Å². The van der Waals surface area contributed by atoms with Crippen LogP contribution in [0.15, 0.2) is 42.6 Å². The van der Waals surface area contributed by atoms with Crippen LogP contribution in [0, 0.1) is 0 Å². The number of methoxy groups -OCH3 is 1. The summed E-state index contributed by atoms with van der Waals surface area (Å²) in [6.45, 7) is 0.196. The van der Waals surface area contributed by atoms with Gasteiger partial charge in [-0.3, -0.25) is 9.36 Å². The molecule has 0 saturated heterocycles. The summed E-state index contributed by atoms with van der Waals surface area (Å²) in [6, 6.07) is 11.3. The molecule has 0 aliphatic carbocycles. The summed E-state index contributed by atoms with van der Waals surface area (Å²) in [5, 5.41) is 0. The Morgan fingerprint density at radius 3 is 2.61 bits per heavy atom. The molecule has 6 heteroatoms. The van der Waals surface area contributed by atoms with Crippen molar-refractivity contribution < 1.29 is 9.53 Å². The molecule has 0 bridgehead atoms. The Morgan fingerprint density at radius 2 is 1.96 bits per heavy atom. The van der Waals surface area contributed by atoms with Gasteiger partial charge < -0.3 is 9.64 Å². The number of amides is 1. The van der Waals surface area contributed by atoms with Gasteiger partial charge in [-0.15, -0.1) is 0 Å². The van der Waals surface area contributed by atoms with Gasteiger partial charge in [0.2, 0.25) is 5.91 Å². The monoisotopic (exact) mass is 310 g/mol. The summed E-state index contributed by atoms with van der Waals surface area (Å²) in [5.74, 6) is 1.49. The maximum absolute atomic E-state index is 12.2. The van der Waals surface area contributed by atoms with Crippen molar-refractivity contribution in [3.63, 3.8) is 0 Å². The lowest BCUT2D eigenvalue weighted by atomic mass is 10.2. The Hall–Kier alpha value is -2.89. The summed E-state index contributed by atoms with van der Waals surface area (Å²) in [5.41, 5.74) is 2.38. The number of rotatable bonds is 4. The minimum Gasteiger partial charge on any atom is -0.497 e. The van der Waals surface area contributed by atoms with Crippen molar-refractivity contribution in [2.24, 2.45) is 0 Å². The quantitative estimate of drug-likeness (QED) is 0.741. The van der Waals surface area contributed by atoms with Gasteiger partial charge in [0.1, 0.15) is 23.6 Å². The van der Waals surface area contributed by atoms with Crippen molar-refractivity contribution in [2.75, 3.05) is 21.2 Å². The van der Waals surface area contributed by atoms with E-state index in [1.165, 1.54) is 0 Å². The van der Waals surface area contributed by atoms with Crippen molar-refractivity contribution in [1.29, 1.82) is 0 Å². The Kier molecular flexibility index (Phi) is 3.97. The Balaban J connectivity index is 2.12. The van der Waals surface area contributed by atoms with E-state index in [0.29, 0.717) is 5.65 Å². The van der Waals surface area contributed by atoms with E-state index in [9.17, 15) is 4.79 Å². The number of imidazole rings is 1. The van der Waals surface area contributed by atoms with Gasteiger partial charge in [0.25, 0.3) is 0 Å². The van der Waals surface area contributed by atoms with E-state index in [-0.39, 0.29) is 12.5 Å². The number of hydrogen-bond donors (Lipinski definition) is 0. The Bertz CT molecular complexity index is 837. The highest BCUT2D eigenvalue weighted by Gasteiger charge is 2.16. The first-order valence-electron chi connectivity index (χ1n) is 7.26. The molecule has 0 N–H and O–H groups in total. The van der Waals surface area contributed by atoms with Crippen LogP contribution in [-0.2, 0) is 11.3 Å². The van der Waals surface area contributed by atoms with E-state index < -0.39 is 0 Å². The summed E-state index contributed by atoms with van der Waals surface area (Å²) in [6.07, 6.45) is 1.71. The molecule has 6 nitrogen and oxygen atoms in total. The average molecular weight is 310 g/mol. The largest absolute Gasteiger partial charge is 0.497 e. The maximum Gasteiger partial charge on any atom is 0.242 e. The predicted molar refractivity (Wildman–Crippen MR) is 88.2 cm³/mol. The molecule has 1 amide bonds. The normalized spacial score (nSPS) is 10.7. The van der Waals surface area contributed by atoms with Gasteiger partial charge in [-0.1, -0.05) is 0 Å². The van der Waals surface area contributed by atoms with Crippen molar-refractivity contribution in [3.8, 4) is 17.1 Å². The summed E-state index contributed by atoms with van der Waals surface area (Å²) in [4.78, 5) is 22.7. The zero-order chi connectivity index (χ0) is 16.4. The molecule has 0 unspecified atom stereocenters. The lowest BCUT2D eigenvalue weighted by Gasteiger charge is -2.13. The van der Waals surface area contributed by atoms with Crippen LogP contribution in [0.1, 0.15) is 0 Å². The van der Waals surface area contributed by atoms with Gasteiger partial charge in [0.05, 0.1) is 7.11 Å². The summed E-state index contributed by atoms with van der Waals surface area (Å²) in [7, 11) is 5.10. The van der Waals surface area contributed by atoms with E-state index >= 15 is 0 Å². The number of ether oxygens (including phenoxy) is 1. The van der Waals surface area contributed by atoms with Crippen LogP contribution in [0.3, 0.4) is 0 Å². The zero-order valence-electron chi connectivity index (χ0n) is 13.4. The molecule has 118 valence electrons. The molecular weight excluding hydrogens is 292 g/mol. The molecule has 0 fully saturated rings. The summed E-state index contributed by atoms with van der Waals surface area (Å²) >= 11 is 0. The second-order valence-corrected chi connectivity index (χ2v) is 5.38. The zero-order valence-corrected chi connectivity index (χ0v) is 13.4. The smallest absolute Gasteiger partial charge is 0.242 e. The van der Waals surface area contributed by atoms with Crippen molar-refractivity contribution >= 4 is 17.1 Å². The number of aromatic nitrogens is 3. The Labute approximate surface area is 134 Å². The van der Waals surface area contributed by atoms with Crippen LogP contribution in [-0.4, -0.2) is 46.5 Å². The van der Waals surface area contributed by atoms with Crippen molar-refractivity contribution in [2.45, 2.75) is 6.54 Å². The molecule has 0 radical (unpaired) electrons. The fourth-order valence-corrected chi connectivity index (χ4v) is 2.35. The van der Waals surface area contributed by atoms with Crippen LogP contribution >= 0.6 is 0 Å². The fraction of sp³-hybridized carbons (Fsp3) is 0.235. The highest BCUT2D eigenvalue weighted by atomic mass is 16.5. The first kappa shape index (κ1) is 15.0. The molecular formula is C17H18N4O2. The highest BCUT2D eigenvalue weighted by molar-refractivity contribution is 5.82. The van der Waals surface area contributed by atoms with E-state index in [4.69, 9.17) is 4.74 Å². The second-order valence-electron chi connectivity index (χ2n) is 5.38. The number of fused-ring (bicyclic) bond motifs is 1. The fourth-order valence-electron chi connectivity index (χ4n) is 2.35. The maximum atomic E-state index is 12.2. The molecule has 3 rings (SSSR count). The second kappa shape index (κ2) is 6.08. The summed E-state index contributed by atoms with van der Waals surface area (Å²) < 4.78 is 7.04. The molecule has 1 aromatic carbocycles. The molecule has 0 aliphatic heterocycles. The minimum atomic E-state index is -0.00952. The topological polar surface area (TPSA) is 60.3 Å². The lowest BCUT2D eigenvalue weighted by Crippen LogP contribution is -2.26. The van der Waals surface area contributed by atoms with E-state index in [1.807, 2.05) is 41.0 Å². The van der Waals surface area contributed by atoms with Crippen LogP contribution in [0.4, 0.5) is 0 Å². The number of hydrogen-bond acceptors (Lipinski definition) is 4. The van der Waals surface area contributed by atoms with E-state index in [0.717, 1.165) is 22.7 Å². The number of carbonyl (C=O) groups excluding carboxylic acids is 1. The van der Waals surface area contributed by atoms with Crippen LogP contribution in [0.2, 0.25) is 0 Å².